The Labute approximate surface area is 103 Å². The number of hydrogen-bond acceptors (Lipinski definition) is 4. The first-order chi connectivity index (χ1) is 7.94. The highest BCUT2D eigenvalue weighted by Gasteiger charge is 2.30. The topological polar surface area (TPSA) is 48.0 Å². The van der Waals surface area contributed by atoms with Crippen molar-refractivity contribution >= 4 is 6.09 Å². The van der Waals surface area contributed by atoms with Crippen molar-refractivity contribution in [2.24, 2.45) is 0 Å². The van der Waals surface area contributed by atoms with Crippen molar-refractivity contribution in [2.75, 3.05) is 20.4 Å². The summed E-state index contributed by atoms with van der Waals surface area (Å²) in [6.45, 7) is 6.47. The summed E-state index contributed by atoms with van der Waals surface area (Å²) in [5.74, 6) is 0. The molecule has 0 spiro atoms. The van der Waals surface area contributed by atoms with Gasteiger partial charge in [0.05, 0.1) is 0 Å². The van der Waals surface area contributed by atoms with Crippen molar-refractivity contribution in [3.8, 4) is 0 Å². The summed E-state index contributed by atoms with van der Waals surface area (Å²) in [7, 11) is 1.57. The minimum atomic E-state index is -0.472. The number of amides is 1. The average molecular weight is 245 g/mol. The number of likely N-dealkylation sites (tertiary alicyclic amines) is 1. The summed E-state index contributed by atoms with van der Waals surface area (Å²) in [5.41, 5.74) is -0.472. The third-order valence-electron chi connectivity index (χ3n) is 2.45. The van der Waals surface area contributed by atoms with E-state index in [1.807, 2.05) is 20.8 Å². The van der Waals surface area contributed by atoms with E-state index in [0.29, 0.717) is 6.54 Å². The fraction of sp³-hybridized carbons (Fsp3) is 0.917. The molecule has 1 amide bonds. The summed E-state index contributed by atoms with van der Waals surface area (Å²) in [4.78, 5) is 13.6. The van der Waals surface area contributed by atoms with Gasteiger partial charge >= 0.3 is 6.09 Å². The Kier molecular flexibility index (Phi) is 5.21. The second-order valence-corrected chi connectivity index (χ2v) is 5.20. The summed E-state index contributed by atoms with van der Waals surface area (Å²) in [5, 5.41) is 0. The van der Waals surface area contributed by atoms with E-state index >= 15 is 0 Å². The van der Waals surface area contributed by atoms with E-state index in [-0.39, 0.29) is 19.1 Å². The second kappa shape index (κ2) is 6.21. The van der Waals surface area contributed by atoms with E-state index < -0.39 is 5.60 Å². The molecule has 0 aromatic carbocycles. The molecule has 1 heterocycles. The Hall–Kier alpha value is -0.810. The zero-order valence-corrected chi connectivity index (χ0v) is 11.2. The summed E-state index contributed by atoms with van der Waals surface area (Å²) >= 11 is 0. The van der Waals surface area contributed by atoms with Gasteiger partial charge in [-0.25, -0.2) is 4.79 Å². The van der Waals surface area contributed by atoms with Crippen molar-refractivity contribution in [2.45, 2.75) is 51.9 Å². The number of carbonyl (C=O) groups is 1. The fourth-order valence-corrected chi connectivity index (χ4v) is 1.75. The van der Waals surface area contributed by atoms with Crippen molar-refractivity contribution in [3.63, 3.8) is 0 Å². The maximum atomic E-state index is 12.0. The Morgan fingerprint density at radius 2 is 2.06 bits per heavy atom. The van der Waals surface area contributed by atoms with Crippen LogP contribution in [-0.4, -0.2) is 43.3 Å². The molecule has 0 radical (unpaired) electrons. The maximum Gasteiger partial charge on any atom is 0.412 e. The lowest BCUT2D eigenvalue weighted by atomic mass is 10.1. The average Bonchev–Trinajstić information content (AvgIpc) is 2.24. The van der Waals surface area contributed by atoms with E-state index in [9.17, 15) is 4.79 Å². The molecule has 0 aliphatic carbocycles. The molecule has 5 nitrogen and oxygen atoms in total. The monoisotopic (exact) mass is 245 g/mol. The second-order valence-electron chi connectivity index (χ2n) is 5.20. The molecule has 0 N–H and O–H groups in total. The first-order valence-electron chi connectivity index (χ1n) is 6.04. The Balaban J connectivity index is 2.54. The zero-order chi connectivity index (χ0) is 12.9. The van der Waals surface area contributed by atoms with Crippen LogP contribution in [-0.2, 0) is 14.2 Å². The van der Waals surface area contributed by atoms with Gasteiger partial charge in [-0.15, -0.1) is 0 Å². The minimum absolute atomic E-state index is 0.198. The SMILES string of the molecule is COCOC1CCCCN1C(=O)OC(C)(C)C. The Morgan fingerprint density at radius 1 is 1.35 bits per heavy atom. The quantitative estimate of drug-likeness (QED) is 0.716. The lowest BCUT2D eigenvalue weighted by Crippen LogP contribution is -2.47. The molecule has 0 aromatic rings. The van der Waals surface area contributed by atoms with E-state index in [4.69, 9.17) is 14.2 Å². The van der Waals surface area contributed by atoms with Crippen molar-refractivity contribution in [1.29, 1.82) is 0 Å². The van der Waals surface area contributed by atoms with E-state index in [0.717, 1.165) is 19.3 Å². The van der Waals surface area contributed by atoms with Gasteiger partial charge < -0.3 is 14.2 Å². The van der Waals surface area contributed by atoms with Crippen LogP contribution in [0.4, 0.5) is 4.79 Å². The third-order valence-corrected chi connectivity index (χ3v) is 2.45. The number of methoxy groups -OCH3 is 1. The first-order valence-corrected chi connectivity index (χ1v) is 6.04. The smallest absolute Gasteiger partial charge is 0.412 e. The van der Waals surface area contributed by atoms with Gasteiger partial charge in [0.25, 0.3) is 0 Å². The highest BCUT2D eigenvalue weighted by molar-refractivity contribution is 5.68. The number of nitrogens with zero attached hydrogens (tertiary/aromatic N) is 1. The van der Waals surface area contributed by atoms with Crippen LogP contribution in [0.1, 0.15) is 40.0 Å². The molecule has 0 saturated carbocycles. The lowest BCUT2D eigenvalue weighted by molar-refractivity contribution is -0.139. The standard InChI is InChI=1S/C12H23NO4/c1-12(2,3)17-11(14)13-8-6-5-7-10(13)16-9-15-4/h10H,5-9H2,1-4H3. The molecular weight excluding hydrogens is 222 g/mol. The third kappa shape index (κ3) is 4.91. The summed E-state index contributed by atoms with van der Waals surface area (Å²) in [6, 6.07) is 0. The lowest BCUT2D eigenvalue weighted by Gasteiger charge is -2.36. The van der Waals surface area contributed by atoms with Crippen molar-refractivity contribution < 1.29 is 19.0 Å². The van der Waals surface area contributed by atoms with Crippen LogP contribution in [0.15, 0.2) is 0 Å². The Bertz CT molecular complexity index is 249. The predicted molar refractivity (Wildman–Crippen MR) is 63.5 cm³/mol. The molecule has 1 saturated heterocycles. The summed E-state index contributed by atoms with van der Waals surface area (Å²) in [6.07, 6.45) is 2.36. The zero-order valence-electron chi connectivity index (χ0n) is 11.2. The predicted octanol–water partition coefficient (Wildman–Crippen LogP) is 2.35. The maximum absolute atomic E-state index is 12.0. The molecule has 1 aliphatic rings. The van der Waals surface area contributed by atoms with Gasteiger partial charge in [-0.2, -0.15) is 0 Å². The number of carbonyl (C=O) groups excluding carboxylic acids is 1. The first kappa shape index (κ1) is 14.3. The minimum Gasteiger partial charge on any atom is -0.444 e. The number of piperidine rings is 1. The number of rotatable bonds is 3. The van der Waals surface area contributed by atoms with Crippen LogP contribution in [0.3, 0.4) is 0 Å². The van der Waals surface area contributed by atoms with Gasteiger partial charge in [0.2, 0.25) is 0 Å². The highest BCUT2D eigenvalue weighted by Crippen LogP contribution is 2.21. The molecule has 100 valence electrons. The molecule has 1 fully saturated rings. The fourth-order valence-electron chi connectivity index (χ4n) is 1.75. The van der Waals surface area contributed by atoms with Crippen LogP contribution in [0.2, 0.25) is 0 Å². The molecule has 0 aromatic heterocycles. The van der Waals surface area contributed by atoms with Gasteiger partial charge in [-0.1, -0.05) is 0 Å². The largest absolute Gasteiger partial charge is 0.444 e. The molecule has 17 heavy (non-hydrogen) atoms. The van der Waals surface area contributed by atoms with E-state index in [1.54, 1.807) is 12.0 Å². The molecule has 0 bridgehead atoms. The summed E-state index contributed by atoms with van der Waals surface area (Å²) < 4.78 is 15.7. The van der Waals surface area contributed by atoms with E-state index in [1.165, 1.54) is 0 Å². The van der Waals surface area contributed by atoms with Gasteiger partial charge in [0, 0.05) is 13.7 Å². The van der Waals surface area contributed by atoms with Crippen LogP contribution in [0.25, 0.3) is 0 Å². The normalized spacial score (nSPS) is 21.4. The van der Waals surface area contributed by atoms with Crippen molar-refractivity contribution in [3.05, 3.63) is 0 Å². The number of ether oxygens (including phenoxy) is 3. The molecular formula is C12H23NO4. The molecule has 5 heteroatoms. The highest BCUT2D eigenvalue weighted by atomic mass is 16.7. The van der Waals surface area contributed by atoms with Gasteiger partial charge in [-0.3, -0.25) is 4.90 Å². The van der Waals surface area contributed by atoms with Crippen LogP contribution in [0, 0.1) is 0 Å². The van der Waals surface area contributed by atoms with Crippen LogP contribution in [0.5, 0.6) is 0 Å². The number of hydrogen-bond donors (Lipinski definition) is 0. The Morgan fingerprint density at radius 3 is 2.65 bits per heavy atom. The van der Waals surface area contributed by atoms with Crippen LogP contribution < -0.4 is 0 Å². The van der Waals surface area contributed by atoms with Crippen molar-refractivity contribution in [1.82, 2.24) is 4.90 Å². The van der Waals surface area contributed by atoms with E-state index in [2.05, 4.69) is 0 Å². The molecule has 1 unspecified atom stereocenters. The van der Waals surface area contributed by atoms with Gasteiger partial charge in [-0.05, 0) is 40.0 Å². The van der Waals surface area contributed by atoms with Crippen LogP contribution >= 0.6 is 0 Å². The van der Waals surface area contributed by atoms with Gasteiger partial charge in [0.1, 0.15) is 18.6 Å². The van der Waals surface area contributed by atoms with Gasteiger partial charge in [0.15, 0.2) is 0 Å². The molecule has 1 atom stereocenters. The molecule has 1 rings (SSSR count). The molecule has 1 aliphatic heterocycles.